The summed E-state index contributed by atoms with van der Waals surface area (Å²) in [4.78, 5) is 25.6. The van der Waals surface area contributed by atoms with Crippen molar-refractivity contribution in [2.45, 2.75) is 39.0 Å². The third-order valence-electron chi connectivity index (χ3n) is 5.17. The van der Waals surface area contributed by atoms with Gasteiger partial charge >= 0.3 is 5.97 Å². The second kappa shape index (κ2) is 3.97. The van der Waals surface area contributed by atoms with Crippen LogP contribution in [0.3, 0.4) is 0 Å². The fourth-order valence-corrected chi connectivity index (χ4v) is 3.56. The van der Waals surface area contributed by atoms with Crippen LogP contribution in [0.25, 0.3) is 0 Å². The van der Waals surface area contributed by atoms with Crippen LogP contribution in [0, 0.1) is 23.2 Å². The lowest BCUT2D eigenvalue weighted by Gasteiger charge is -2.39. The van der Waals surface area contributed by atoms with Gasteiger partial charge in [-0.1, -0.05) is 13.3 Å². The van der Waals surface area contributed by atoms with E-state index in [9.17, 15) is 14.7 Å². The second-order valence-electron chi connectivity index (χ2n) is 6.57. The first-order valence-corrected chi connectivity index (χ1v) is 7.03. The Bertz CT molecular complexity index is 385. The molecule has 2 atom stereocenters. The summed E-state index contributed by atoms with van der Waals surface area (Å²) in [7, 11) is 0. The van der Waals surface area contributed by atoms with Crippen LogP contribution in [0.5, 0.6) is 0 Å². The van der Waals surface area contributed by atoms with Gasteiger partial charge < -0.3 is 10.0 Å². The predicted molar refractivity (Wildman–Crippen MR) is 65.9 cm³/mol. The number of nitrogens with zero attached hydrogens (tertiary/aromatic N) is 1. The Balaban J connectivity index is 1.71. The van der Waals surface area contributed by atoms with Crippen LogP contribution in [0.15, 0.2) is 0 Å². The highest BCUT2D eigenvalue weighted by molar-refractivity contribution is 5.84. The number of carboxylic acids is 1. The second-order valence-corrected chi connectivity index (χ2v) is 6.57. The Morgan fingerprint density at radius 3 is 2.33 bits per heavy atom. The number of amides is 1. The van der Waals surface area contributed by atoms with Crippen LogP contribution in [0.1, 0.15) is 39.0 Å². The molecule has 2 aliphatic carbocycles. The number of carboxylic acid groups (broad SMARTS) is 1. The number of rotatable bonds is 3. The minimum atomic E-state index is -0.721. The van der Waals surface area contributed by atoms with Gasteiger partial charge in [0, 0.05) is 18.5 Å². The van der Waals surface area contributed by atoms with Gasteiger partial charge in [0.25, 0.3) is 0 Å². The molecule has 18 heavy (non-hydrogen) atoms. The van der Waals surface area contributed by atoms with E-state index >= 15 is 0 Å². The van der Waals surface area contributed by atoms with Gasteiger partial charge in [0.2, 0.25) is 5.91 Å². The molecule has 0 aromatic rings. The van der Waals surface area contributed by atoms with Gasteiger partial charge in [0.1, 0.15) is 0 Å². The number of likely N-dealkylation sites (tertiary alicyclic amines) is 1. The van der Waals surface area contributed by atoms with E-state index in [2.05, 4.69) is 0 Å². The standard InChI is InChI=1S/C14H21NO3/c1-14(5-2-6-14)13(18)15-7-10(9-3-4-9)11(8-15)12(16)17/h9-11H,2-8H2,1H3,(H,16,17)/t10-,11+/m1/s1. The molecular weight excluding hydrogens is 230 g/mol. The maximum absolute atomic E-state index is 12.4. The molecule has 0 aromatic heterocycles. The topological polar surface area (TPSA) is 57.6 Å². The lowest BCUT2D eigenvalue weighted by Crippen LogP contribution is -2.45. The lowest BCUT2D eigenvalue weighted by molar-refractivity contribution is -0.146. The Hall–Kier alpha value is -1.06. The molecule has 0 unspecified atom stereocenters. The number of hydrogen-bond donors (Lipinski definition) is 1. The van der Waals surface area contributed by atoms with Gasteiger partial charge in [-0.25, -0.2) is 0 Å². The zero-order chi connectivity index (χ0) is 12.9. The third-order valence-corrected chi connectivity index (χ3v) is 5.17. The van der Waals surface area contributed by atoms with E-state index in [-0.39, 0.29) is 23.2 Å². The highest BCUT2D eigenvalue weighted by Gasteiger charge is 2.50. The first kappa shape index (κ1) is 12.0. The van der Waals surface area contributed by atoms with Gasteiger partial charge in [-0.2, -0.15) is 0 Å². The van der Waals surface area contributed by atoms with Gasteiger partial charge in [-0.05, 0) is 37.5 Å². The smallest absolute Gasteiger partial charge is 0.308 e. The Labute approximate surface area is 107 Å². The summed E-state index contributed by atoms with van der Waals surface area (Å²) in [6.45, 7) is 3.14. The average molecular weight is 251 g/mol. The van der Waals surface area contributed by atoms with E-state index in [0.29, 0.717) is 19.0 Å². The van der Waals surface area contributed by atoms with Crippen molar-refractivity contribution in [3.05, 3.63) is 0 Å². The normalized spacial score (nSPS) is 34.2. The first-order chi connectivity index (χ1) is 8.51. The summed E-state index contributed by atoms with van der Waals surface area (Å²) < 4.78 is 0. The number of hydrogen-bond acceptors (Lipinski definition) is 2. The highest BCUT2D eigenvalue weighted by Crippen LogP contribution is 2.47. The molecule has 1 N–H and O–H groups in total. The zero-order valence-corrected chi connectivity index (χ0v) is 10.9. The molecule has 0 spiro atoms. The van der Waals surface area contributed by atoms with Crippen LogP contribution < -0.4 is 0 Å². The number of carbonyl (C=O) groups excluding carboxylic acids is 1. The fraction of sp³-hybridized carbons (Fsp3) is 0.857. The van der Waals surface area contributed by atoms with Crippen LogP contribution in [-0.2, 0) is 9.59 Å². The summed E-state index contributed by atoms with van der Waals surface area (Å²) >= 11 is 0. The molecule has 3 aliphatic rings. The minimum Gasteiger partial charge on any atom is -0.481 e. The monoisotopic (exact) mass is 251 g/mol. The first-order valence-electron chi connectivity index (χ1n) is 7.03. The van der Waals surface area contributed by atoms with Gasteiger partial charge in [-0.3, -0.25) is 9.59 Å². The van der Waals surface area contributed by atoms with E-state index in [1.807, 2.05) is 11.8 Å². The third kappa shape index (κ3) is 1.82. The molecule has 100 valence electrons. The Morgan fingerprint density at radius 1 is 1.22 bits per heavy atom. The highest BCUT2D eigenvalue weighted by atomic mass is 16.4. The molecule has 1 heterocycles. The molecular formula is C14H21NO3. The van der Waals surface area contributed by atoms with Gasteiger partial charge in [0.05, 0.1) is 5.92 Å². The van der Waals surface area contributed by atoms with Crippen LogP contribution in [-0.4, -0.2) is 35.0 Å². The lowest BCUT2D eigenvalue weighted by atomic mass is 9.69. The molecule has 1 saturated heterocycles. The summed E-state index contributed by atoms with van der Waals surface area (Å²) in [5.74, 6) is -0.0949. The van der Waals surface area contributed by atoms with Crippen molar-refractivity contribution < 1.29 is 14.7 Å². The minimum absolute atomic E-state index is 0.193. The van der Waals surface area contributed by atoms with Crippen molar-refractivity contribution >= 4 is 11.9 Å². The molecule has 2 saturated carbocycles. The summed E-state index contributed by atoms with van der Waals surface area (Å²) in [5.41, 5.74) is -0.193. The fourth-order valence-electron chi connectivity index (χ4n) is 3.56. The molecule has 1 aliphatic heterocycles. The van der Waals surface area contributed by atoms with E-state index in [1.165, 1.54) is 0 Å². The molecule has 4 nitrogen and oxygen atoms in total. The van der Waals surface area contributed by atoms with Crippen molar-refractivity contribution in [2.75, 3.05) is 13.1 Å². The van der Waals surface area contributed by atoms with Crippen molar-refractivity contribution in [3.63, 3.8) is 0 Å². The van der Waals surface area contributed by atoms with Crippen molar-refractivity contribution in [2.24, 2.45) is 23.2 Å². The number of aliphatic carboxylic acids is 1. The van der Waals surface area contributed by atoms with Crippen molar-refractivity contribution in [1.82, 2.24) is 4.90 Å². The molecule has 4 heteroatoms. The molecule has 0 radical (unpaired) electrons. The van der Waals surface area contributed by atoms with Gasteiger partial charge in [0.15, 0.2) is 0 Å². The Morgan fingerprint density at radius 2 is 1.89 bits per heavy atom. The molecule has 0 aromatic carbocycles. The van der Waals surface area contributed by atoms with Crippen molar-refractivity contribution in [3.8, 4) is 0 Å². The summed E-state index contributed by atoms with van der Waals surface area (Å²) in [6, 6.07) is 0. The van der Waals surface area contributed by atoms with Crippen molar-refractivity contribution in [1.29, 1.82) is 0 Å². The SMILES string of the molecule is CC1(C(=O)N2C[C@H](C(=O)O)[C@@H](C3CC3)C2)CCC1. The van der Waals surface area contributed by atoms with Crippen LogP contribution in [0.2, 0.25) is 0 Å². The molecule has 0 bridgehead atoms. The van der Waals surface area contributed by atoms with Crippen LogP contribution in [0.4, 0.5) is 0 Å². The van der Waals surface area contributed by atoms with E-state index < -0.39 is 5.97 Å². The van der Waals surface area contributed by atoms with E-state index in [4.69, 9.17) is 0 Å². The largest absolute Gasteiger partial charge is 0.481 e. The molecule has 3 rings (SSSR count). The molecule has 3 fully saturated rings. The Kier molecular flexibility index (Phi) is 2.65. The van der Waals surface area contributed by atoms with E-state index in [0.717, 1.165) is 32.1 Å². The molecule has 1 amide bonds. The predicted octanol–water partition coefficient (Wildman–Crippen LogP) is 1.75. The summed E-state index contributed by atoms with van der Waals surface area (Å²) in [6.07, 6.45) is 5.36. The van der Waals surface area contributed by atoms with E-state index in [1.54, 1.807) is 0 Å². The maximum Gasteiger partial charge on any atom is 0.308 e. The summed E-state index contributed by atoms with van der Waals surface area (Å²) in [5, 5.41) is 9.30. The quantitative estimate of drug-likeness (QED) is 0.831. The van der Waals surface area contributed by atoms with Crippen LogP contribution >= 0.6 is 0 Å². The van der Waals surface area contributed by atoms with Gasteiger partial charge in [-0.15, -0.1) is 0 Å². The maximum atomic E-state index is 12.4. The number of carbonyl (C=O) groups is 2. The zero-order valence-electron chi connectivity index (χ0n) is 10.9. The average Bonchev–Trinajstić information content (AvgIpc) is 3.04.